The van der Waals surface area contributed by atoms with Gasteiger partial charge in [-0.05, 0) is 25.5 Å². The zero-order chi connectivity index (χ0) is 17.6. The summed E-state index contributed by atoms with van der Waals surface area (Å²) < 4.78 is 6.88. The number of hydrogen-bond donors (Lipinski definition) is 1. The number of fused-ring (bicyclic) bond motifs is 1. The Bertz CT molecular complexity index is 931. The summed E-state index contributed by atoms with van der Waals surface area (Å²) in [4.78, 5) is 35.0. The molecule has 0 aliphatic carbocycles. The van der Waals surface area contributed by atoms with Crippen LogP contribution in [0.2, 0.25) is 0 Å². The number of esters is 1. The fraction of sp³-hybridized carbons (Fsp3) is 0.353. The Balaban J connectivity index is 1.51. The molecule has 25 heavy (non-hydrogen) atoms. The topological polar surface area (TPSA) is 103 Å². The quantitative estimate of drug-likeness (QED) is 0.655. The molecule has 0 fully saturated rings. The molecule has 0 aliphatic rings. The van der Waals surface area contributed by atoms with E-state index in [-0.39, 0.29) is 24.6 Å². The first-order chi connectivity index (χ1) is 12.2. The number of nitrogens with zero attached hydrogens (tertiary/aromatic N) is 4. The lowest BCUT2D eigenvalue weighted by Crippen LogP contribution is -2.13. The SMILES string of the molecule is CCn1ncnc1COC(=O)CCCc1nc2ccccc2c(=O)[nH]1. The summed E-state index contributed by atoms with van der Waals surface area (Å²) in [6, 6.07) is 7.17. The van der Waals surface area contributed by atoms with E-state index in [1.807, 2.05) is 13.0 Å². The average Bonchev–Trinajstić information content (AvgIpc) is 3.07. The van der Waals surface area contributed by atoms with Gasteiger partial charge in [0, 0.05) is 19.4 Å². The van der Waals surface area contributed by atoms with Gasteiger partial charge >= 0.3 is 5.97 Å². The first-order valence-electron chi connectivity index (χ1n) is 8.17. The number of H-pyrrole nitrogens is 1. The first-order valence-corrected chi connectivity index (χ1v) is 8.17. The monoisotopic (exact) mass is 341 g/mol. The van der Waals surface area contributed by atoms with Crippen LogP contribution in [0.5, 0.6) is 0 Å². The largest absolute Gasteiger partial charge is 0.457 e. The molecule has 0 aliphatic heterocycles. The third-order valence-corrected chi connectivity index (χ3v) is 3.81. The highest BCUT2D eigenvalue weighted by molar-refractivity contribution is 5.77. The van der Waals surface area contributed by atoms with Crippen LogP contribution in [0.4, 0.5) is 0 Å². The van der Waals surface area contributed by atoms with Crippen molar-refractivity contribution in [3.63, 3.8) is 0 Å². The fourth-order valence-electron chi connectivity index (χ4n) is 2.53. The molecule has 3 rings (SSSR count). The molecule has 2 heterocycles. The number of rotatable bonds is 7. The van der Waals surface area contributed by atoms with Crippen LogP contribution >= 0.6 is 0 Å². The van der Waals surface area contributed by atoms with Gasteiger partial charge in [0.05, 0.1) is 10.9 Å². The smallest absolute Gasteiger partial charge is 0.306 e. The van der Waals surface area contributed by atoms with Crippen LogP contribution in [0.15, 0.2) is 35.4 Å². The Morgan fingerprint density at radius 3 is 3.00 bits per heavy atom. The van der Waals surface area contributed by atoms with Crippen LogP contribution in [0.1, 0.15) is 31.4 Å². The summed E-state index contributed by atoms with van der Waals surface area (Å²) in [7, 11) is 0. The lowest BCUT2D eigenvalue weighted by molar-refractivity contribution is -0.145. The van der Waals surface area contributed by atoms with Gasteiger partial charge in [0.1, 0.15) is 12.2 Å². The highest BCUT2D eigenvalue weighted by Gasteiger charge is 2.09. The van der Waals surface area contributed by atoms with Crippen LogP contribution < -0.4 is 5.56 Å². The van der Waals surface area contributed by atoms with E-state index in [0.29, 0.717) is 41.9 Å². The Morgan fingerprint density at radius 1 is 1.32 bits per heavy atom. The van der Waals surface area contributed by atoms with Gasteiger partial charge in [-0.2, -0.15) is 5.10 Å². The van der Waals surface area contributed by atoms with Crippen LogP contribution in [0.3, 0.4) is 0 Å². The average molecular weight is 341 g/mol. The zero-order valence-electron chi connectivity index (χ0n) is 13.9. The van der Waals surface area contributed by atoms with Crippen molar-refractivity contribution >= 4 is 16.9 Å². The number of carbonyl (C=O) groups excluding carboxylic acids is 1. The van der Waals surface area contributed by atoms with Gasteiger partial charge in [0.25, 0.3) is 5.56 Å². The molecule has 0 saturated carbocycles. The molecule has 0 spiro atoms. The number of aromatic amines is 1. The van der Waals surface area contributed by atoms with Gasteiger partial charge in [-0.15, -0.1) is 0 Å². The lowest BCUT2D eigenvalue weighted by Gasteiger charge is -2.06. The van der Waals surface area contributed by atoms with E-state index in [4.69, 9.17) is 4.74 Å². The molecule has 0 radical (unpaired) electrons. The number of ether oxygens (including phenoxy) is 1. The van der Waals surface area contributed by atoms with E-state index in [1.165, 1.54) is 6.33 Å². The van der Waals surface area contributed by atoms with Crippen molar-refractivity contribution in [3.8, 4) is 0 Å². The van der Waals surface area contributed by atoms with Crippen LogP contribution in [-0.2, 0) is 29.1 Å². The summed E-state index contributed by atoms with van der Waals surface area (Å²) in [5.41, 5.74) is 0.491. The Morgan fingerprint density at radius 2 is 2.16 bits per heavy atom. The molecule has 1 aromatic carbocycles. The lowest BCUT2D eigenvalue weighted by atomic mass is 10.2. The Labute approximate surface area is 143 Å². The summed E-state index contributed by atoms with van der Waals surface area (Å²) in [6.45, 7) is 2.73. The Hall–Kier alpha value is -3.03. The molecule has 0 amide bonds. The summed E-state index contributed by atoms with van der Waals surface area (Å²) >= 11 is 0. The highest BCUT2D eigenvalue weighted by atomic mass is 16.5. The van der Waals surface area contributed by atoms with Crippen molar-refractivity contribution in [1.82, 2.24) is 24.7 Å². The highest BCUT2D eigenvalue weighted by Crippen LogP contribution is 2.08. The van der Waals surface area contributed by atoms with Gasteiger partial charge in [-0.1, -0.05) is 12.1 Å². The van der Waals surface area contributed by atoms with Crippen LogP contribution in [0.25, 0.3) is 10.9 Å². The summed E-state index contributed by atoms with van der Waals surface area (Å²) in [5.74, 6) is 0.882. The van der Waals surface area contributed by atoms with Crippen molar-refractivity contribution in [2.24, 2.45) is 0 Å². The third kappa shape index (κ3) is 4.09. The standard InChI is InChI=1S/C17H19N5O3/c1-2-22-15(18-11-19-22)10-25-16(23)9-5-8-14-20-13-7-4-3-6-12(13)17(24)21-14/h3-4,6-7,11H,2,5,8-10H2,1H3,(H,20,21,24). The van der Waals surface area contributed by atoms with Gasteiger partial charge in [-0.25, -0.2) is 14.6 Å². The van der Waals surface area contributed by atoms with Crippen LogP contribution in [0, 0.1) is 0 Å². The van der Waals surface area contributed by atoms with Gasteiger partial charge in [-0.3, -0.25) is 9.59 Å². The molecule has 3 aromatic rings. The number of hydrogen-bond acceptors (Lipinski definition) is 6. The van der Waals surface area contributed by atoms with E-state index in [9.17, 15) is 9.59 Å². The molecule has 2 aromatic heterocycles. The molecule has 8 heteroatoms. The van der Waals surface area contributed by atoms with Crippen molar-refractivity contribution in [3.05, 3.63) is 52.6 Å². The van der Waals surface area contributed by atoms with E-state index in [1.54, 1.807) is 22.9 Å². The van der Waals surface area contributed by atoms with Crippen molar-refractivity contribution in [2.45, 2.75) is 39.3 Å². The van der Waals surface area contributed by atoms with Gasteiger partial charge < -0.3 is 9.72 Å². The maximum absolute atomic E-state index is 12.0. The molecule has 130 valence electrons. The first kappa shape index (κ1) is 16.8. The normalized spacial score (nSPS) is 10.9. The number of aromatic nitrogens is 5. The molecule has 0 atom stereocenters. The van der Waals surface area contributed by atoms with E-state index < -0.39 is 0 Å². The van der Waals surface area contributed by atoms with Gasteiger partial charge in [0.15, 0.2) is 12.4 Å². The molecule has 1 N–H and O–H groups in total. The van der Waals surface area contributed by atoms with E-state index >= 15 is 0 Å². The number of nitrogens with one attached hydrogen (secondary N) is 1. The predicted octanol–water partition coefficient (Wildman–Crippen LogP) is 1.60. The number of aryl methyl sites for hydroxylation is 2. The maximum atomic E-state index is 12.0. The second-order valence-electron chi connectivity index (χ2n) is 5.54. The Kier molecular flexibility index (Phi) is 5.17. The zero-order valence-corrected chi connectivity index (χ0v) is 13.9. The molecular formula is C17H19N5O3. The maximum Gasteiger partial charge on any atom is 0.306 e. The molecule has 8 nitrogen and oxygen atoms in total. The third-order valence-electron chi connectivity index (χ3n) is 3.81. The molecule has 0 bridgehead atoms. The fourth-order valence-corrected chi connectivity index (χ4v) is 2.53. The molecule has 0 saturated heterocycles. The summed E-state index contributed by atoms with van der Waals surface area (Å²) in [6.07, 6.45) is 2.73. The molecule has 0 unspecified atom stereocenters. The minimum absolute atomic E-state index is 0.109. The van der Waals surface area contributed by atoms with Crippen LogP contribution in [-0.4, -0.2) is 30.7 Å². The van der Waals surface area contributed by atoms with E-state index in [2.05, 4.69) is 20.1 Å². The number of carbonyl (C=O) groups is 1. The minimum Gasteiger partial charge on any atom is -0.457 e. The van der Waals surface area contributed by atoms with E-state index in [0.717, 1.165) is 0 Å². The van der Waals surface area contributed by atoms with Crippen molar-refractivity contribution < 1.29 is 9.53 Å². The van der Waals surface area contributed by atoms with Crippen molar-refractivity contribution in [2.75, 3.05) is 0 Å². The second-order valence-corrected chi connectivity index (χ2v) is 5.54. The summed E-state index contributed by atoms with van der Waals surface area (Å²) in [5, 5.41) is 4.58. The van der Waals surface area contributed by atoms with Gasteiger partial charge in [0.2, 0.25) is 0 Å². The minimum atomic E-state index is -0.311. The van der Waals surface area contributed by atoms with Crippen molar-refractivity contribution in [1.29, 1.82) is 0 Å². The predicted molar refractivity (Wildman–Crippen MR) is 90.8 cm³/mol. The molecular weight excluding hydrogens is 322 g/mol. The number of para-hydroxylation sites is 1. The number of benzene rings is 1. The second kappa shape index (κ2) is 7.69.